The van der Waals surface area contributed by atoms with Gasteiger partial charge in [0.15, 0.2) is 5.78 Å². The van der Waals surface area contributed by atoms with E-state index in [0.717, 1.165) is 31.2 Å². The molecule has 1 aromatic heterocycles. The number of pyridine rings is 1. The van der Waals surface area contributed by atoms with Gasteiger partial charge in [-0.2, -0.15) is 0 Å². The Kier molecular flexibility index (Phi) is 4.76. The average molecular weight is 276 g/mol. The molecule has 0 unspecified atom stereocenters. The lowest BCUT2D eigenvalue weighted by Gasteiger charge is -2.31. The van der Waals surface area contributed by atoms with E-state index in [0.29, 0.717) is 18.0 Å². The Morgan fingerprint density at radius 1 is 1.35 bits per heavy atom. The maximum atomic E-state index is 13.1. The van der Waals surface area contributed by atoms with Crippen molar-refractivity contribution in [3.05, 3.63) is 23.4 Å². The molecule has 0 bridgehead atoms. The van der Waals surface area contributed by atoms with Crippen molar-refractivity contribution in [2.45, 2.75) is 58.0 Å². The molecule has 0 amide bonds. The summed E-state index contributed by atoms with van der Waals surface area (Å²) < 4.78 is 5.94. The molecule has 1 saturated carbocycles. The summed E-state index contributed by atoms with van der Waals surface area (Å²) in [5, 5.41) is 0. The fourth-order valence-electron chi connectivity index (χ4n) is 3.12. The molecule has 20 heavy (non-hydrogen) atoms. The Bertz CT molecular complexity index is 457. The van der Waals surface area contributed by atoms with Crippen LogP contribution < -0.4 is 5.73 Å². The highest BCUT2D eigenvalue weighted by Crippen LogP contribution is 2.35. The number of nitrogens with zero attached hydrogens (tertiary/aromatic N) is 1. The highest BCUT2D eigenvalue weighted by atomic mass is 16.5. The molecule has 0 aromatic carbocycles. The van der Waals surface area contributed by atoms with Crippen LogP contribution in [0.5, 0.6) is 0 Å². The number of nitrogen functional groups attached to an aromatic ring is 1. The van der Waals surface area contributed by atoms with E-state index in [9.17, 15) is 4.79 Å². The zero-order valence-electron chi connectivity index (χ0n) is 12.4. The maximum Gasteiger partial charge on any atom is 0.198 e. The van der Waals surface area contributed by atoms with E-state index in [1.54, 1.807) is 6.20 Å². The van der Waals surface area contributed by atoms with Gasteiger partial charge in [-0.15, -0.1) is 0 Å². The second kappa shape index (κ2) is 6.35. The molecule has 1 aliphatic rings. The van der Waals surface area contributed by atoms with Crippen molar-refractivity contribution >= 4 is 11.6 Å². The van der Waals surface area contributed by atoms with E-state index in [1.165, 1.54) is 12.8 Å². The number of aryl methyl sites for hydroxylation is 1. The molecule has 0 aliphatic heterocycles. The third-order valence-corrected chi connectivity index (χ3v) is 4.16. The van der Waals surface area contributed by atoms with Crippen molar-refractivity contribution in [2.75, 3.05) is 12.3 Å². The number of anilines is 1. The van der Waals surface area contributed by atoms with Gasteiger partial charge >= 0.3 is 0 Å². The van der Waals surface area contributed by atoms with Gasteiger partial charge in [-0.05, 0) is 38.3 Å². The quantitative estimate of drug-likeness (QED) is 0.677. The average Bonchev–Trinajstić information content (AvgIpc) is 2.65. The number of ether oxygens (including phenoxy) is 1. The second-order valence-corrected chi connectivity index (χ2v) is 5.56. The number of Topliss-reactive ketones (excluding diaryl/α,β-unsaturated/α-hetero) is 1. The van der Waals surface area contributed by atoms with Gasteiger partial charge in [-0.3, -0.25) is 4.79 Å². The van der Waals surface area contributed by atoms with Crippen molar-refractivity contribution in [1.82, 2.24) is 4.98 Å². The van der Waals surface area contributed by atoms with Crippen LogP contribution in [0.1, 0.15) is 61.4 Å². The Balaban J connectivity index is 2.40. The van der Waals surface area contributed by atoms with Crippen LogP contribution in [0.4, 0.5) is 5.82 Å². The van der Waals surface area contributed by atoms with Crippen LogP contribution in [0.3, 0.4) is 0 Å². The van der Waals surface area contributed by atoms with Crippen molar-refractivity contribution < 1.29 is 9.53 Å². The molecule has 2 N–H and O–H groups in total. The topological polar surface area (TPSA) is 65.2 Å². The number of rotatable bonds is 4. The van der Waals surface area contributed by atoms with Gasteiger partial charge in [0.2, 0.25) is 0 Å². The lowest BCUT2D eigenvalue weighted by molar-refractivity contribution is -0.0292. The summed E-state index contributed by atoms with van der Waals surface area (Å²) in [7, 11) is 0. The van der Waals surface area contributed by atoms with Gasteiger partial charge in [0, 0.05) is 12.8 Å². The summed E-state index contributed by atoms with van der Waals surface area (Å²) in [6, 6.07) is 1.83. The van der Waals surface area contributed by atoms with Crippen LogP contribution in [0.15, 0.2) is 12.3 Å². The fraction of sp³-hybridized carbons (Fsp3) is 0.625. The van der Waals surface area contributed by atoms with Gasteiger partial charge in [-0.25, -0.2) is 4.98 Å². The summed E-state index contributed by atoms with van der Waals surface area (Å²) in [5.41, 5.74) is 6.66. The summed E-state index contributed by atoms with van der Waals surface area (Å²) in [6.07, 6.45) is 7.62. The highest BCUT2D eigenvalue weighted by molar-refractivity contribution is 6.06. The Labute approximate surface area is 120 Å². The van der Waals surface area contributed by atoms with Gasteiger partial charge in [0.05, 0.1) is 5.56 Å². The van der Waals surface area contributed by atoms with E-state index in [1.807, 2.05) is 19.9 Å². The van der Waals surface area contributed by atoms with Crippen molar-refractivity contribution in [3.63, 3.8) is 0 Å². The number of aromatic nitrogens is 1. The zero-order valence-corrected chi connectivity index (χ0v) is 12.4. The SMILES string of the molecule is CCOC1(C(=O)c2c(C)ccnc2N)CCCCCC1. The van der Waals surface area contributed by atoms with Crippen LogP contribution in [0.2, 0.25) is 0 Å². The normalized spacial score (nSPS) is 18.5. The molecule has 0 spiro atoms. The minimum absolute atomic E-state index is 0.0179. The van der Waals surface area contributed by atoms with E-state index >= 15 is 0 Å². The van der Waals surface area contributed by atoms with Crippen LogP contribution in [-0.2, 0) is 4.74 Å². The predicted molar refractivity (Wildman–Crippen MR) is 79.8 cm³/mol. The van der Waals surface area contributed by atoms with E-state index in [-0.39, 0.29) is 5.78 Å². The summed E-state index contributed by atoms with van der Waals surface area (Å²) >= 11 is 0. The van der Waals surface area contributed by atoms with E-state index in [2.05, 4.69) is 4.98 Å². The molecule has 1 aliphatic carbocycles. The molecule has 0 saturated heterocycles. The molecule has 4 heteroatoms. The maximum absolute atomic E-state index is 13.1. The summed E-state index contributed by atoms with van der Waals surface area (Å²) in [6.45, 7) is 4.39. The largest absolute Gasteiger partial charge is 0.383 e. The number of hydrogen-bond donors (Lipinski definition) is 1. The third kappa shape index (κ3) is 2.85. The van der Waals surface area contributed by atoms with Crippen LogP contribution in [-0.4, -0.2) is 23.0 Å². The van der Waals surface area contributed by atoms with Gasteiger partial charge in [0.1, 0.15) is 11.4 Å². The fourth-order valence-corrected chi connectivity index (χ4v) is 3.12. The van der Waals surface area contributed by atoms with Gasteiger partial charge in [0.25, 0.3) is 0 Å². The van der Waals surface area contributed by atoms with E-state index < -0.39 is 5.60 Å². The first-order valence-corrected chi connectivity index (χ1v) is 7.50. The Hall–Kier alpha value is -1.42. The van der Waals surface area contributed by atoms with Crippen molar-refractivity contribution in [2.24, 2.45) is 0 Å². The Morgan fingerprint density at radius 2 is 2.00 bits per heavy atom. The molecular weight excluding hydrogens is 252 g/mol. The van der Waals surface area contributed by atoms with E-state index in [4.69, 9.17) is 10.5 Å². The smallest absolute Gasteiger partial charge is 0.198 e. The van der Waals surface area contributed by atoms with Crippen LogP contribution in [0.25, 0.3) is 0 Å². The number of ketones is 1. The van der Waals surface area contributed by atoms with Crippen molar-refractivity contribution in [3.8, 4) is 0 Å². The van der Waals surface area contributed by atoms with Gasteiger partial charge in [-0.1, -0.05) is 25.7 Å². The molecule has 1 fully saturated rings. The molecule has 2 rings (SSSR count). The number of carbonyl (C=O) groups is 1. The molecule has 0 atom stereocenters. The van der Waals surface area contributed by atoms with Crippen molar-refractivity contribution in [1.29, 1.82) is 0 Å². The molecule has 110 valence electrons. The number of hydrogen-bond acceptors (Lipinski definition) is 4. The molecule has 1 heterocycles. The first kappa shape index (κ1) is 15.0. The minimum Gasteiger partial charge on any atom is -0.383 e. The molecular formula is C16H24N2O2. The molecule has 0 radical (unpaired) electrons. The third-order valence-electron chi connectivity index (χ3n) is 4.16. The van der Waals surface area contributed by atoms with Crippen LogP contribution in [0, 0.1) is 6.92 Å². The standard InChI is InChI=1S/C16H24N2O2/c1-3-20-16(9-6-4-5-7-10-16)14(19)13-12(2)8-11-18-15(13)17/h8,11H,3-7,9-10H2,1-2H3,(H2,17,18). The number of carbonyl (C=O) groups excluding carboxylic acids is 1. The lowest BCUT2D eigenvalue weighted by atomic mass is 9.84. The monoisotopic (exact) mass is 276 g/mol. The first-order valence-electron chi connectivity index (χ1n) is 7.50. The Morgan fingerprint density at radius 3 is 2.55 bits per heavy atom. The number of nitrogens with two attached hydrogens (primary N) is 1. The zero-order chi connectivity index (χ0) is 14.6. The highest BCUT2D eigenvalue weighted by Gasteiger charge is 2.41. The molecule has 4 nitrogen and oxygen atoms in total. The minimum atomic E-state index is -0.701. The predicted octanol–water partition coefficient (Wildman–Crippen LogP) is 3.28. The van der Waals surface area contributed by atoms with Gasteiger partial charge < -0.3 is 10.5 Å². The summed E-state index contributed by atoms with van der Waals surface area (Å²) in [5.74, 6) is 0.336. The summed E-state index contributed by atoms with van der Waals surface area (Å²) in [4.78, 5) is 17.1. The lowest BCUT2D eigenvalue weighted by Crippen LogP contribution is -2.42. The second-order valence-electron chi connectivity index (χ2n) is 5.56. The van der Waals surface area contributed by atoms with Crippen LogP contribution >= 0.6 is 0 Å². The molecule has 1 aromatic rings. The first-order chi connectivity index (χ1) is 9.60.